The Balaban J connectivity index is 1.49. The van der Waals surface area contributed by atoms with Gasteiger partial charge in [-0.25, -0.2) is 4.98 Å². The van der Waals surface area contributed by atoms with E-state index in [-0.39, 0.29) is 0 Å². The average molecular weight is 378 g/mol. The number of hydrogen-bond acceptors (Lipinski definition) is 7. The van der Waals surface area contributed by atoms with Crippen LogP contribution in [0.15, 0.2) is 39.9 Å². The Hall–Kier alpha value is -2.85. The van der Waals surface area contributed by atoms with Gasteiger partial charge in [0, 0.05) is 11.3 Å². The van der Waals surface area contributed by atoms with Crippen LogP contribution in [0.2, 0.25) is 0 Å². The molecule has 2 heterocycles. The zero-order valence-corrected chi connectivity index (χ0v) is 15.8. The van der Waals surface area contributed by atoms with Crippen LogP contribution in [0.25, 0.3) is 11.4 Å². The van der Waals surface area contributed by atoms with E-state index < -0.39 is 0 Å². The van der Waals surface area contributed by atoms with Crippen molar-refractivity contribution in [3.8, 4) is 23.2 Å². The molecule has 0 bridgehead atoms. The molecule has 0 aliphatic heterocycles. The van der Waals surface area contributed by atoms with Crippen LogP contribution in [0, 0.1) is 11.3 Å². The van der Waals surface area contributed by atoms with E-state index in [1.165, 1.54) is 23.7 Å². The number of methoxy groups -OCH3 is 1. The van der Waals surface area contributed by atoms with Gasteiger partial charge in [-0.3, -0.25) is 0 Å². The monoisotopic (exact) mass is 378 g/mol. The molecule has 4 rings (SSSR count). The smallest absolute Gasteiger partial charge is 0.237 e. The largest absolute Gasteiger partial charge is 0.497 e. The summed E-state index contributed by atoms with van der Waals surface area (Å²) in [6.45, 7) is 0. The van der Waals surface area contributed by atoms with Crippen molar-refractivity contribution in [1.29, 1.82) is 5.26 Å². The molecule has 0 unspecified atom stereocenters. The Morgan fingerprint density at radius 2 is 2.00 bits per heavy atom. The van der Waals surface area contributed by atoms with Crippen molar-refractivity contribution in [3.63, 3.8) is 0 Å². The summed E-state index contributed by atoms with van der Waals surface area (Å²) in [5, 5.41) is 14.2. The van der Waals surface area contributed by atoms with Crippen molar-refractivity contribution in [2.24, 2.45) is 0 Å². The second-order valence-electron chi connectivity index (χ2n) is 6.29. The van der Waals surface area contributed by atoms with E-state index in [0.717, 1.165) is 41.3 Å². The van der Waals surface area contributed by atoms with Gasteiger partial charge in [-0.05, 0) is 61.6 Å². The van der Waals surface area contributed by atoms with Crippen LogP contribution in [0.5, 0.6) is 5.75 Å². The summed E-state index contributed by atoms with van der Waals surface area (Å²) in [6, 6.07) is 11.7. The first-order valence-electron chi connectivity index (χ1n) is 8.79. The van der Waals surface area contributed by atoms with Gasteiger partial charge in [-0.1, -0.05) is 16.9 Å². The molecular formula is C20H18N4O2S. The highest BCUT2D eigenvalue weighted by Gasteiger charge is 2.17. The highest BCUT2D eigenvalue weighted by molar-refractivity contribution is 7.98. The lowest BCUT2D eigenvalue weighted by Crippen LogP contribution is -2.07. The quantitative estimate of drug-likeness (QED) is 0.616. The maximum atomic E-state index is 9.45. The molecule has 0 amide bonds. The molecule has 0 radical (unpaired) electrons. The summed E-state index contributed by atoms with van der Waals surface area (Å²) < 4.78 is 10.5. The molecular weight excluding hydrogens is 360 g/mol. The zero-order chi connectivity index (χ0) is 18.6. The number of aryl methyl sites for hydroxylation is 2. The van der Waals surface area contributed by atoms with Crippen LogP contribution in [-0.2, 0) is 18.6 Å². The second-order valence-corrected chi connectivity index (χ2v) is 7.26. The maximum Gasteiger partial charge on any atom is 0.237 e. The first kappa shape index (κ1) is 17.6. The highest BCUT2D eigenvalue weighted by Crippen LogP contribution is 2.29. The number of pyridine rings is 1. The minimum Gasteiger partial charge on any atom is -0.497 e. The first-order valence-corrected chi connectivity index (χ1v) is 9.78. The van der Waals surface area contributed by atoms with Crippen molar-refractivity contribution < 1.29 is 9.26 Å². The number of fused-ring (bicyclic) bond motifs is 1. The van der Waals surface area contributed by atoms with E-state index in [9.17, 15) is 5.26 Å². The lowest BCUT2D eigenvalue weighted by Gasteiger charge is -2.16. The highest BCUT2D eigenvalue weighted by atomic mass is 32.2. The molecule has 136 valence electrons. The third-order valence-corrected chi connectivity index (χ3v) is 5.51. The Morgan fingerprint density at radius 3 is 2.78 bits per heavy atom. The fourth-order valence-corrected chi connectivity index (χ4v) is 3.92. The van der Waals surface area contributed by atoms with Crippen LogP contribution in [0.4, 0.5) is 0 Å². The Kier molecular flexibility index (Phi) is 5.07. The predicted octanol–water partition coefficient (Wildman–Crippen LogP) is 4.18. The topological polar surface area (TPSA) is 84.8 Å². The Morgan fingerprint density at radius 1 is 1.19 bits per heavy atom. The molecule has 0 saturated heterocycles. The summed E-state index contributed by atoms with van der Waals surface area (Å²) in [5.74, 6) is 2.30. The van der Waals surface area contributed by atoms with Gasteiger partial charge in [0.25, 0.3) is 0 Å². The summed E-state index contributed by atoms with van der Waals surface area (Å²) in [4.78, 5) is 9.16. The van der Waals surface area contributed by atoms with E-state index in [1.807, 2.05) is 30.3 Å². The van der Waals surface area contributed by atoms with E-state index in [2.05, 4.69) is 16.2 Å². The van der Waals surface area contributed by atoms with Gasteiger partial charge in [-0.15, -0.1) is 0 Å². The molecule has 27 heavy (non-hydrogen) atoms. The molecule has 3 aromatic rings. The molecule has 0 fully saturated rings. The summed E-state index contributed by atoms with van der Waals surface area (Å²) >= 11 is 1.46. The first-order chi connectivity index (χ1) is 13.3. The summed E-state index contributed by atoms with van der Waals surface area (Å²) in [6.07, 6.45) is 4.32. The molecule has 2 aromatic heterocycles. The van der Waals surface area contributed by atoms with E-state index in [0.29, 0.717) is 23.0 Å². The van der Waals surface area contributed by atoms with Crippen molar-refractivity contribution >= 4 is 11.8 Å². The van der Waals surface area contributed by atoms with Gasteiger partial charge < -0.3 is 9.26 Å². The van der Waals surface area contributed by atoms with Crippen molar-refractivity contribution in [2.75, 3.05) is 7.11 Å². The number of nitrogens with zero attached hydrogens (tertiary/aromatic N) is 4. The second kappa shape index (κ2) is 7.80. The minimum absolute atomic E-state index is 0.476. The number of aromatic nitrogens is 3. The summed E-state index contributed by atoms with van der Waals surface area (Å²) in [5.41, 5.74) is 3.81. The third-order valence-electron chi connectivity index (χ3n) is 4.53. The van der Waals surface area contributed by atoms with Gasteiger partial charge >= 0.3 is 0 Å². The maximum absolute atomic E-state index is 9.45. The van der Waals surface area contributed by atoms with E-state index in [4.69, 9.17) is 14.2 Å². The number of benzene rings is 1. The third kappa shape index (κ3) is 3.81. The number of thioether (sulfide) groups is 1. The number of rotatable bonds is 5. The number of ether oxygens (including phenoxy) is 1. The Labute approximate surface area is 161 Å². The predicted molar refractivity (Wildman–Crippen MR) is 101 cm³/mol. The van der Waals surface area contributed by atoms with E-state index >= 15 is 0 Å². The molecule has 1 aliphatic carbocycles. The SMILES string of the molecule is COc1ccc(-c2noc(CSc3nc4c(cc3C#N)CCCC4)n2)cc1. The van der Waals surface area contributed by atoms with Gasteiger partial charge in [0.2, 0.25) is 11.7 Å². The molecule has 7 heteroatoms. The lowest BCUT2D eigenvalue weighted by molar-refractivity contribution is 0.391. The van der Waals surface area contributed by atoms with E-state index in [1.54, 1.807) is 7.11 Å². The Bertz CT molecular complexity index is 992. The molecule has 0 saturated carbocycles. The van der Waals surface area contributed by atoms with Crippen LogP contribution in [-0.4, -0.2) is 22.2 Å². The van der Waals surface area contributed by atoms with Gasteiger partial charge in [0.05, 0.1) is 18.4 Å². The normalized spacial score (nSPS) is 13.0. The number of nitriles is 1. The molecule has 0 spiro atoms. The zero-order valence-electron chi connectivity index (χ0n) is 14.9. The van der Waals surface area contributed by atoms with Crippen molar-refractivity contribution in [1.82, 2.24) is 15.1 Å². The van der Waals surface area contributed by atoms with Crippen LogP contribution in [0.3, 0.4) is 0 Å². The molecule has 0 atom stereocenters. The fraction of sp³-hybridized carbons (Fsp3) is 0.300. The lowest BCUT2D eigenvalue weighted by atomic mass is 9.95. The average Bonchev–Trinajstić information content (AvgIpc) is 3.20. The fourth-order valence-electron chi connectivity index (χ4n) is 3.11. The van der Waals surface area contributed by atoms with Crippen molar-refractivity contribution in [2.45, 2.75) is 36.5 Å². The van der Waals surface area contributed by atoms with Crippen molar-refractivity contribution in [3.05, 3.63) is 53.0 Å². The van der Waals surface area contributed by atoms with Gasteiger partial charge in [0.15, 0.2) is 0 Å². The molecule has 1 aliphatic rings. The summed E-state index contributed by atoms with van der Waals surface area (Å²) in [7, 11) is 1.63. The molecule has 6 nitrogen and oxygen atoms in total. The molecule has 1 aromatic carbocycles. The van der Waals surface area contributed by atoms with Crippen LogP contribution in [0.1, 0.15) is 35.6 Å². The molecule has 0 N–H and O–H groups in total. The van der Waals surface area contributed by atoms with Gasteiger partial charge in [0.1, 0.15) is 16.8 Å². The number of hydrogen-bond donors (Lipinski definition) is 0. The van der Waals surface area contributed by atoms with Crippen LogP contribution < -0.4 is 4.74 Å². The van der Waals surface area contributed by atoms with Crippen LogP contribution >= 0.6 is 11.8 Å². The minimum atomic E-state index is 0.476. The standard InChI is InChI=1S/C20H18N4O2S/c1-25-16-8-6-13(7-9-16)19-23-18(26-24-19)12-27-20-15(11-21)10-14-4-2-3-5-17(14)22-20/h6-10H,2-5,12H2,1H3. The van der Waals surface area contributed by atoms with Gasteiger partial charge in [-0.2, -0.15) is 10.2 Å².